The Balaban J connectivity index is 2.33. The first kappa shape index (κ1) is 13.2. The highest BCUT2D eigenvalue weighted by Crippen LogP contribution is 2.25. The van der Waals surface area contributed by atoms with Crippen molar-refractivity contribution in [3.05, 3.63) is 0 Å². The number of thioether (sulfide) groups is 1. The van der Waals surface area contributed by atoms with Gasteiger partial charge in [-0.3, -0.25) is 4.79 Å². The van der Waals surface area contributed by atoms with E-state index in [1.165, 1.54) is 12.8 Å². The summed E-state index contributed by atoms with van der Waals surface area (Å²) in [6.45, 7) is 4.09. The van der Waals surface area contributed by atoms with E-state index in [4.69, 9.17) is 11.6 Å². The predicted octanol–water partition coefficient (Wildman–Crippen LogP) is 2.65. The zero-order chi connectivity index (χ0) is 11.3. The van der Waals surface area contributed by atoms with Crippen molar-refractivity contribution in [2.45, 2.75) is 44.4 Å². The standard InChI is InChI=1S/C11H20ClNOS/c1-8(7-12)9(2)13-11(14)10-5-3-4-6-15-10/h8-10H,3-7H2,1-2H3,(H,13,14). The van der Waals surface area contributed by atoms with Gasteiger partial charge in [-0.25, -0.2) is 0 Å². The van der Waals surface area contributed by atoms with Crippen LogP contribution in [0.2, 0.25) is 0 Å². The van der Waals surface area contributed by atoms with Crippen molar-refractivity contribution in [2.75, 3.05) is 11.6 Å². The van der Waals surface area contributed by atoms with Crippen molar-refractivity contribution >= 4 is 29.3 Å². The third-order valence-corrected chi connectivity index (χ3v) is 4.80. The van der Waals surface area contributed by atoms with Gasteiger partial charge < -0.3 is 5.32 Å². The first-order valence-corrected chi connectivity index (χ1v) is 7.21. The van der Waals surface area contributed by atoms with Gasteiger partial charge in [0.15, 0.2) is 0 Å². The summed E-state index contributed by atoms with van der Waals surface area (Å²) in [6, 6.07) is 0.178. The number of hydrogen-bond acceptors (Lipinski definition) is 2. The molecule has 1 aliphatic heterocycles. The van der Waals surface area contributed by atoms with Gasteiger partial charge in [-0.15, -0.1) is 23.4 Å². The lowest BCUT2D eigenvalue weighted by atomic mass is 10.1. The summed E-state index contributed by atoms with van der Waals surface area (Å²) in [5, 5.41) is 3.23. The van der Waals surface area contributed by atoms with E-state index in [0.29, 0.717) is 11.8 Å². The monoisotopic (exact) mass is 249 g/mol. The van der Waals surface area contributed by atoms with E-state index in [9.17, 15) is 4.79 Å². The van der Waals surface area contributed by atoms with Crippen LogP contribution in [-0.4, -0.2) is 28.8 Å². The zero-order valence-corrected chi connectivity index (χ0v) is 11.0. The molecule has 1 fully saturated rings. The normalized spacial score (nSPS) is 25.7. The molecule has 0 aromatic rings. The fraction of sp³-hybridized carbons (Fsp3) is 0.909. The van der Waals surface area contributed by atoms with Crippen molar-refractivity contribution in [2.24, 2.45) is 5.92 Å². The lowest BCUT2D eigenvalue weighted by Gasteiger charge is -2.25. The first-order chi connectivity index (χ1) is 7.15. The van der Waals surface area contributed by atoms with Crippen LogP contribution in [0.1, 0.15) is 33.1 Å². The van der Waals surface area contributed by atoms with Gasteiger partial charge in [0.05, 0.1) is 5.25 Å². The molecule has 0 saturated carbocycles. The summed E-state index contributed by atoms with van der Waals surface area (Å²) in [5.74, 6) is 2.25. The van der Waals surface area contributed by atoms with Gasteiger partial charge in [-0.2, -0.15) is 0 Å². The van der Waals surface area contributed by atoms with Crippen LogP contribution in [0, 0.1) is 5.92 Å². The van der Waals surface area contributed by atoms with Gasteiger partial charge in [0.2, 0.25) is 5.91 Å². The van der Waals surface area contributed by atoms with E-state index in [0.717, 1.165) is 12.2 Å². The lowest BCUT2D eigenvalue weighted by molar-refractivity contribution is -0.121. The summed E-state index contributed by atoms with van der Waals surface area (Å²) in [6.07, 6.45) is 3.46. The van der Waals surface area contributed by atoms with Gasteiger partial charge in [-0.1, -0.05) is 13.3 Å². The molecular formula is C11H20ClNOS. The van der Waals surface area contributed by atoms with E-state index in [-0.39, 0.29) is 17.2 Å². The second-order valence-corrected chi connectivity index (χ2v) is 5.90. The van der Waals surface area contributed by atoms with Crippen LogP contribution >= 0.6 is 23.4 Å². The molecule has 0 aliphatic carbocycles. The molecule has 1 aliphatic rings. The summed E-state index contributed by atoms with van der Waals surface area (Å²) in [5.41, 5.74) is 0. The molecule has 1 heterocycles. The van der Waals surface area contributed by atoms with Crippen LogP contribution < -0.4 is 5.32 Å². The molecular weight excluding hydrogens is 230 g/mol. The first-order valence-electron chi connectivity index (χ1n) is 5.63. The summed E-state index contributed by atoms with van der Waals surface area (Å²) < 4.78 is 0. The number of carbonyl (C=O) groups excluding carboxylic acids is 1. The fourth-order valence-electron chi connectivity index (χ4n) is 1.54. The highest BCUT2D eigenvalue weighted by molar-refractivity contribution is 8.00. The van der Waals surface area contributed by atoms with Crippen LogP contribution in [0.15, 0.2) is 0 Å². The molecule has 4 heteroatoms. The predicted molar refractivity (Wildman–Crippen MR) is 67.6 cm³/mol. The van der Waals surface area contributed by atoms with E-state index >= 15 is 0 Å². The summed E-state index contributed by atoms with van der Waals surface area (Å²) in [7, 11) is 0. The summed E-state index contributed by atoms with van der Waals surface area (Å²) >= 11 is 7.55. The van der Waals surface area contributed by atoms with E-state index in [1.54, 1.807) is 11.8 Å². The molecule has 0 aromatic heterocycles. The molecule has 0 radical (unpaired) electrons. The lowest BCUT2D eigenvalue weighted by Crippen LogP contribution is -2.42. The van der Waals surface area contributed by atoms with Gasteiger partial charge >= 0.3 is 0 Å². The van der Waals surface area contributed by atoms with Gasteiger partial charge in [0, 0.05) is 11.9 Å². The SMILES string of the molecule is CC(CCl)C(C)NC(=O)C1CCCCS1. The second kappa shape index (κ2) is 6.64. The zero-order valence-electron chi connectivity index (χ0n) is 9.46. The highest BCUT2D eigenvalue weighted by atomic mass is 35.5. The molecule has 1 rings (SSSR count). The minimum atomic E-state index is 0.170. The molecule has 0 spiro atoms. The maximum absolute atomic E-state index is 11.9. The quantitative estimate of drug-likeness (QED) is 0.777. The summed E-state index contributed by atoms with van der Waals surface area (Å²) in [4.78, 5) is 11.9. The largest absolute Gasteiger partial charge is 0.352 e. The minimum Gasteiger partial charge on any atom is -0.352 e. The number of amides is 1. The molecule has 0 aromatic carbocycles. The fourth-order valence-corrected chi connectivity index (χ4v) is 3.02. The Bertz CT molecular complexity index is 207. The molecule has 0 bridgehead atoms. The van der Waals surface area contributed by atoms with Crippen LogP contribution in [0.25, 0.3) is 0 Å². The van der Waals surface area contributed by atoms with E-state index in [2.05, 4.69) is 12.2 Å². The molecule has 1 amide bonds. The maximum atomic E-state index is 11.9. The smallest absolute Gasteiger partial charge is 0.233 e. The maximum Gasteiger partial charge on any atom is 0.233 e. The molecule has 2 nitrogen and oxygen atoms in total. The Morgan fingerprint density at radius 1 is 1.53 bits per heavy atom. The number of rotatable bonds is 4. The Morgan fingerprint density at radius 3 is 2.80 bits per heavy atom. The molecule has 88 valence electrons. The van der Waals surface area contributed by atoms with Crippen LogP contribution in [0.4, 0.5) is 0 Å². The van der Waals surface area contributed by atoms with Crippen LogP contribution in [0.3, 0.4) is 0 Å². The second-order valence-electron chi connectivity index (χ2n) is 4.28. The Kier molecular flexibility index (Phi) is 5.83. The van der Waals surface area contributed by atoms with Crippen molar-refractivity contribution < 1.29 is 4.79 Å². The van der Waals surface area contributed by atoms with Crippen LogP contribution in [-0.2, 0) is 4.79 Å². The third kappa shape index (κ3) is 4.23. The van der Waals surface area contributed by atoms with Gasteiger partial charge in [0.1, 0.15) is 0 Å². The van der Waals surface area contributed by atoms with Gasteiger partial charge in [-0.05, 0) is 31.4 Å². The number of alkyl halides is 1. The molecule has 1 saturated heterocycles. The molecule has 1 N–H and O–H groups in total. The topological polar surface area (TPSA) is 29.1 Å². The molecule has 3 unspecified atom stereocenters. The van der Waals surface area contributed by atoms with Crippen molar-refractivity contribution in [3.63, 3.8) is 0 Å². The number of carbonyl (C=O) groups is 1. The Hall–Kier alpha value is 0.110. The Morgan fingerprint density at radius 2 is 2.27 bits per heavy atom. The van der Waals surface area contributed by atoms with Crippen molar-refractivity contribution in [3.8, 4) is 0 Å². The number of halogens is 1. The Labute approximate surface area is 102 Å². The average molecular weight is 250 g/mol. The van der Waals surface area contributed by atoms with Gasteiger partial charge in [0.25, 0.3) is 0 Å². The molecule has 3 atom stereocenters. The molecule has 15 heavy (non-hydrogen) atoms. The van der Waals surface area contributed by atoms with Crippen molar-refractivity contribution in [1.82, 2.24) is 5.32 Å². The third-order valence-electron chi connectivity index (χ3n) is 2.94. The van der Waals surface area contributed by atoms with Crippen LogP contribution in [0.5, 0.6) is 0 Å². The average Bonchev–Trinajstić information content (AvgIpc) is 2.29. The van der Waals surface area contributed by atoms with E-state index < -0.39 is 0 Å². The van der Waals surface area contributed by atoms with E-state index in [1.807, 2.05) is 6.92 Å². The number of nitrogens with one attached hydrogen (secondary N) is 1. The number of hydrogen-bond donors (Lipinski definition) is 1. The highest BCUT2D eigenvalue weighted by Gasteiger charge is 2.23. The minimum absolute atomic E-state index is 0.170. The van der Waals surface area contributed by atoms with Crippen molar-refractivity contribution in [1.29, 1.82) is 0 Å².